The second-order valence-corrected chi connectivity index (χ2v) is 6.71. The first-order valence-corrected chi connectivity index (χ1v) is 8.29. The van der Waals surface area contributed by atoms with E-state index in [1.165, 1.54) is 45.2 Å². The number of likely N-dealkylation sites (tertiary alicyclic amines) is 1. The largest absolute Gasteiger partial charge is 0.372 e. The van der Waals surface area contributed by atoms with Crippen LogP contribution in [0.25, 0.3) is 0 Å². The van der Waals surface area contributed by atoms with E-state index >= 15 is 0 Å². The van der Waals surface area contributed by atoms with Gasteiger partial charge in [-0.2, -0.15) is 0 Å². The summed E-state index contributed by atoms with van der Waals surface area (Å²) in [5.41, 5.74) is 0. The SMILES string of the molecule is CCC1CCCN1CC1CCC(CNCC(C)C)O1. The Hall–Kier alpha value is -0.120. The molecule has 2 heterocycles. The summed E-state index contributed by atoms with van der Waals surface area (Å²) in [4.78, 5) is 2.66. The number of nitrogens with zero attached hydrogens (tertiary/aromatic N) is 1. The van der Waals surface area contributed by atoms with Gasteiger partial charge in [0.05, 0.1) is 12.2 Å². The summed E-state index contributed by atoms with van der Waals surface area (Å²) in [5, 5.41) is 3.52. The second-order valence-electron chi connectivity index (χ2n) is 6.71. The fraction of sp³-hybridized carbons (Fsp3) is 1.00. The third-order valence-corrected chi connectivity index (χ3v) is 4.53. The van der Waals surface area contributed by atoms with E-state index in [1.54, 1.807) is 0 Å². The predicted octanol–water partition coefficient (Wildman–Crippen LogP) is 2.65. The molecule has 0 aromatic rings. The molecule has 2 fully saturated rings. The van der Waals surface area contributed by atoms with E-state index in [2.05, 4.69) is 31.0 Å². The Morgan fingerprint density at radius 2 is 2.00 bits per heavy atom. The molecule has 0 saturated carbocycles. The molecule has 19 heavy (non-hydrogen) atoms. The molecule has 0 aliphatic carbocycles. The molecule has 112 valence electrons. The van der Waals surface area contributed by atoms with Gasteiger partial charge < -0.3 is 10.1 Å². The fourth-order valence-corrected chi connectivity index (χ4v) is 3.46. The fourth-order valence-electron chi connectivity index (χ4n) is 3.46. The molecule has 0 aromatic heterocycles. The van der Waals surface area contributed by atoms with Crippen molar-refractivity contribution in [2.45, 2.75) is 71.1 Å². The number of hydrogen-bond acceptors (Lipinski definition) is 3. The summed E-state index contributed by atoms with van der Waals surface area (Å²) in [6.07, 6.45) is 7.49. The molecule has 0 amide bonds. The topological polar surface area (TPSA) is 24.5 Å². The lowest BCUT2D eigenvalue weighted by molar-refractivity contribution is 0.0205. The lowest BCUT2D eigenvalue weighted by Gasteiger charge is -2.26. The molecule has 0 radical (unpaired) electrons. The van der Waals surface area contributed by atoms with Crippen molar-refractivity contribution in [3.63, 3.8) is 0 Å². The molecule has 3 heteroatoms. The van der Waals surface area contributed by atoms with Gasteiger partial charge in [0.1, 0.15) is 0 Å². The molecule has 2 aliphatic rings. The quantitative estimate of drug-likeness (QED) is 0.768. The normalized spacial score (nSPS) is 32.5. The summed E-state index contributed by atoms with van der Waals surface area (Å²) in [7, 11) is 0. The predicted molar refractivity (Wildman–Crippen MR) is 80.5 cm³/mol. The van der Waals surface area contributed by atoms with Gasteiger partial charge in [0.15, 0.2) is 0 Å². The molecule has 3 atom stereocenters. The van der Waals surface area contributed by atoms with Crippen molar-refractivity contribution in [2.75, 3.05) is 26.2 Å². The van der Waals surface area contributed by atoms with Crippen molar-refractivity contribution in [1.29, 1.82) is 0 Å². The Labute approximate surface area is 119 Å². The zero-order valence-electron chi connectivity index (χ0n) is 13.0. The van der Waals surface area contributed by atoms with Crippen LogP contribution in [0.1, 0.15) is 52.9 Å². The molecular weight excluding hydrogens is 236 g/mol. The standard InChI is InChI=1S/C16H32N2O/c1-4-14-6-5-9-18(14)12-16-8-7-15(19-16)11-17-10-13(2)3/h13-17H,4-12H2,1-3H3. The molecule has 0 spiro atoms. The van der Waals surface area contributed by atoms with Crippen LogP contribution in [0.5, 0.6) is 0 Å². The van der Waals surface area contributed by atoms with E-state index in [-0.39, 0.29) is 0 Å². The average molecular weight is 268 g/mol. The van der Waals surface area contributed by atoms with E-state index in [0.717, 1.165) is 25.0 Å². The smallest absolute Gasteiger partial charge is 0.0707 e. The molecule has 0 aromatic carbocycles. The molecule has 2 aliphatic heterocycles. The summed E-state index contributed by atoms with van der Waals surface area (Å²) >= 11 is 0. The third kappa shape index (κ3) is 4.73. The highest BCUT2D eigenvalue weighted by atomic mass is 16.5. The van der Waals surface area contributed by atoms with Gasteiger partial charge in [-0.1, -0.05) is 20.8 Å². The van der Waals surface area contributed by atoms with Crippen LogP contribution < -0.4 is 5.32 Å². The van der Waals surface area contributed by atoms with E-state index < -0.39 is 0 Å². The number of hydrogen-bond donors (Lipinski definition) is 1. The number of rotatable bonds is 7. The van der Waals surface area contributed by atoms with Crippen molar-refractivity contribution in [2.24, 2.45) is 5.92 Å². The Morgan fingerprint density at radius 1 is 1.21 bits per heavy atom. The molecule has 0 bridgehead atoms. The second kappa shape index (κ2) is 7.61. The van der Waals surface area contributed by atoms with Gasteiger partial charge in [-0.15, -0.1) is 0 Å². The minimum atomic E-state index is 0.450. The minimum Gasteiger partial charge on any atom is -0.372 e. The van der Waals surface area contributed by atoms with E-state index in [0.29, 0.717) is 12.2 Å². The third-order valence-electron chi connectivity index (χ3n) is 4.53. The van der Waals surface area contributed by atoms with Crippen LogP contribution >= 0.6 is 0 Å². The van der Waals surface area contributed by atoms with Crippen LogP contribution in [0.3, 0.4) is 0 Å². The highest BCUT2D eigenvalue weighted by Gasteiger charge is 2.30. The van der Waals surface area contributed by atoms with Crippen molar-refractivity contribution >= 4 is 0 Å². The van der Waals surface area contributed by atoms with Gasteiger partial charge in [-0.05, 0) is 51.1 Å². The van der Waals surface area contributed by atoms with E-state index in [9.17, 15) is 0 Å². The number of nitrogens with one attached hydrogen (secondary N) is 1. The maximum atomic E-state index is 6.19. The van der Waals surface area contributed by atoms with Gasteiger partial charge in [0.2, 0.25) is 0 Å². The lowest BCUT2D eigenvalue weighted by atomic mass is 10.1. The first-order chi connectivity index (χ1) is 9.19. The van der Waals surface area contributed by atoms with Crippen LogP contribution in [0.15, 0.2) is 0 Å². The lowest BCUT2D eigenvalue weighted by Crippen LogP contribution is -2.37. The van der Waals surface area contributed by atoms with Crippen LogP contribution in [0.2, 0.25) is 0 Å². The summed E-state index contributed by atoms with van der Waals surface area (Å²) in [6, 6.07) is 0.821. The van der Waals surface area contributed by atoms with E-state index in [1.807, 2.05) is 0 Å². The summed E-state index contributed by atoms with van der Waals surface area (Å²) in [5.74, 6) is 0.729. The molecule has 2 saturated heterocycles. The van der Waals surface area contributed by atoms with E-state index in [4.69, 9.17) is 4.74 Å². The first kappa shape index (κ1) is 15.3. The highest BCUT2D eigenvalue weighted by molar-refractivity contribution is 4.83. The van der Waals surface area contributed by atoms with Crippen LogP contribution in [0.4, 0.5) is 0 Å². The number of ether oxygens (including phenoxy) is 1. The Kier molecular flexibility index (Phi) is 6.11. The van der Waals surface area contributed by atoms with Crippen molar-refractivity contribution < 1.29 is 4.74 Å². The molecule has 2 rings (SSSR count). The van der Waals surface area contributed by atoms with Gasteiger partial charge in [0.25, 0.3) is 0 Å². The average Bonchev–Trinajstić information content (AvgIpc) is 2.98. The molecular formula is C16H32N2O. The van der Waals surface area contributed by atoms with Gasteiger partial charge in [0, 0.05) is 19.1 Å². The minimum absolute atomic E-state index is 0.450. The monoisotopic (exact) mass is 268 g/mol. The van der Waals surface area contributed by atoms with Crippen molar-refractivity contribution in [1.82, 2.24) is 10.2 Å². The first-order valence-electron chi connectivity index (χ1n) is 8.29. The zero-order chi connectivity index (χ0) is 13.7. The van der Waals surface area contributed by atoms with Crippen molar-refractivity contribution in [3.05, 3.63) is 0 Å². The highest BCUT2D eigenvalue weighted by Crippen LogP contribution is 2.25. The van der Waals surface area contributed by atoms with Crippen molar-refractivity contribution in [3.8, 4) is 0 Å². The molecule has 3 unspecified atom stereocenters. The van der Waals surface area contributed by atoms with Gasteiger partial charge >= 0.3 is 0 Å². The molecule has 1 N–H and O–H groups in total. The maximum Gasteiger partial charge on any atom is 0.0707 e. The van der Waals surface area contributed by atoms with Crippen LogP contribution in [-0.4, -0.2) is 49.3 Å². The van der Waals surface area contributed by atoms with Gasteiger partial charge in [-0.25, -0.2) is 0 Å². The van der Waals surface area contributed by atoms with Crippen LogP contribution in [0, 0.1) is 5.92 Å². The Morgan fingerprint density at radius 3 is 2.74 bits per heavy atom. The summed E-state index contributed by atoms with van der Waals surface area (Å²) in [6.45, 7) is 11.4. The van der Waals surface area contributed by atoms with Crippen LogP contribution in [-0.2, 0) is 4.74 Å². The maximum absolute atomic E-state index is 6.19. The Bertz CT molecular complexity index is 257. The van der Waals surface area contributed by atoms with Gasteiger partial charge in [-0.3, -0.25) is 4.90 Å². The zero-order valence-corrected chi connectivity index (χ0v) is 13.0. The summed E-state index contributed by atoms with van der Waals surface area (Å²) < 4.78 is 6.19. The Balaban J connectivity index is 1.64. The molecule has 3 nitrogen and oxygen atoms in total.